The summed E-state index contributed by atoms with van der Waals surface area (Å²) < 4.78 is 0. The summed E-state index contributed by atoms with van der Waals surface area (Å²) in [7, 11) is -1.77. The van der Waals surface area contributed by atoms with Crippen molar-refractivity contribution in [3.8, 4) is 0 Å². The maximum absolute atomic E-state index is 12.3. The molecule has 0 fully saturated rings. The first-order chi connectivity index (χ1) is 14.1. The first-order valence-electron chi connectivity index (χ1n) is 9.02. The molecule has 0 radical (unpaired) electrons. The average molecular weight is 388 g/mol. The van der Waals surface area contributed by atoms with Gasteiger partial charge in [0.1, 0.15) is 12.1 Å². The minimum absolute atomic E-state index is 0.0552. The lowest BCUT2D eigenvalue weighted by Gasteiger charge is -2.08. The van der Waals surface area contributed by atoms with Crippen molar-refractivity contribution in [3.05, 3.63) is 65.6 Å². The normalized spacial score (nSPS) is 11.0. The van der Waals surface area contributed by atoms with Gasteiger partial charge in [0.05, 0.1) is 22.7 Å². The van der Waals surface area contributed by atoms with Gasteiger partial charge in [-0.3, -0.25) is 14.6 Å². The van der Waals surface area contributed by atoms with Gasteiger partial charge in [0.15, 0.2) is 0 Å². The van der Waals surface area contributed by atoms with Gasteiger partial charge in [-0.25, -0.2) is 4.98 Å². The zero-order valence-electron chi connectivity index (χ0n) is 15.3. The number of pyridine rings is 1. The van der Waals surface area contributed by atoms with E-state index in [0.29, 0.717) is 19.3 Å². The first-order valence-corrected chi connectivity index (χ1v) is 9.02. The SMILES string of the molecule is O=Cc1cc(C(=O)NCCc2nc3c(cnc4ccccc43)[nH]2)ccc1B(O)O. The van der Waals surface area contributed by atoms with Crippen molar-refractivity contribution in [1.29, 1.82) is 0 Å². The third-order valence-electron chi connectivity index (χ3n) is 4.67. The molecule has 4 rings (SSSR count). The van der Waals surface area contributed by atoms with Gasteiger partial charge in [-0.2, -0.15) is 0 Å². The van der Waals surface area contributed by atoms with Gasteiger partial charge in [-0.15, -0.1) is 0 Å². The molecule has 0 saturated carbocycles. The van der Waals surface area contributed by atoms with Gasteiger partial charge in [0, 0.05) is 29.5 Å². The van der Waals surface area contributed by atoms with Crippen LogP contribution in [0.1, 0.15) is 26.5 Å². The Morgan fingerprint density at radius 2 is 2.03 bits per heavy atom. The van der Waals surface area contributed by atoms with Gasteiger partial charge < -0.3 is 20.3 Å². The van der Waals surface area contributed by atoms with Crippen LogP contribution in [0.25, 0.3) is 21.9 Å². The van der Waals surface area contributed by atoms with E-state index in [1.165, 1.54) is 18.2 Å². The molecule has 2 aromatic heterocycles. The van der Waals surface area contributed by atoms with Crippen molar-refractivity contribution < 1.29 is 19.6 Å². The summed E-state index contributed by atoms with van der Waals surface area (Å²) in [5.74, 6) is 0.362. The number of carbonyl (C=O) groups is 2. The molecule has 4 aromatic rings. The highest BCUT2D eigenvalue weighted by molar-refractivity contribution is 6.60. The Bertz CT molecular complexity index is 1220. The van der Waals surface area contributed by atoms with Crippen LogP contribution in [0.5, 0.6) is 0 Å². The molecule has 0 atom stereocenters. The van der Waals surface area contributed by atoms with Crippen molar-refractivity contribution in [1.82, 2.24) is 20.3 Å². The molecule has 0 aliphatic rings. The van der Waals surface area contributed by atoms with E-state index in [2.05, 4.69) is 20.3 Å². The predicted molar refractivity (Wildman–Crippen MR) is 109 cm³/mol. The van der Waals surface area contributed by atoms with Gasteiger partial charge in [-0.1, -0.05) is 24.3 Å². The van der Waals surface area contributed by atoms with E-state index in [0.717, 1.165) is 27.8 Å². The number of imidazole rings is 1. The fourth-order valence-corrected chi connectivity index (χ4v) is 3.23. The monoisotopic (exact) mass is 388 g/mol. The highest BCUT2D eigenvalue weighted by atomic mass is 16.4. The Morgan fingerprint density at radius 1 is 1.21 bits per heavy atom. The van der Waals surface area contributed by atoms with Gasteiger partial charge in [0.2, 0.25) is 0 Å². The van der Waals surface area contributed by atoms with E-state index < -0.39 is 7.12 Å². The van der Waals surface area contributed by atoms with Crippen LogP contribution >= 0.6 is 0 Å². The van der Waals surface area contributed by atoms with Crippen LogP contribution in [0.15, 0.2) is 48.7 Å². The summed E-state index contributed by atoms with van der Waals surface area (Å²) in [4.78, 5) is 35.7. The van der Waals surface area contributed by atoms with E-state index in [-0.39, 0.29) is 22.5 Å². The number of para-hydroxylation sites is 1. The largest absolute Gasteiger partial charge is 0.489 e. The Balaban J connectivity index is 1.45. The summed E-state index contributed by atoms with van der Waals surface area (Å²) >= 11 is 0. The molecular formula is C20H17BN4O4. The number of fused-ring (bicyclic) bond motifs is 3. The second-order valence-corrected chi connectivity index (χ2v) is 6.56. The number of nitrogens with zero attached hydrogens (tertiary/aromatic N) is 2. The van der Waals surface area contributed by atoms with Gasteiger partial charge in [0.25, 0.3) is 5.91 Å². The minimum atomic E-state index is -1.77. The lowest BCUT2D eigenvalue weighted by Crippen LogP contribution is -2.34. The third kappa shape index (κ3) is 3.73. The molecule has 2 heterocycles. The predicted octanol–water partition coefficient (Wildman–Crippen LogP) is 0.576. The van der Waals surface area contributed by atoms with Crippen molar-refractivity contribution in [2.24, 2.45) is 0 Å². The van der Waals surface area contributed by atoms with E-state index in [1.54, 1.807) is 6.20 Å². The minimum Gasteiger partial charge on any atom is -0.423 e. The van der Waals surface area contributed by atoms with Crippen LogP contribution in [-0.2, 0) is 6.42 Å². The summed E-state index contributed by atoms with van der Waals surface area (Å²) in [6, 6.07) is 11.9. The maximum Gasteiger partial charge on any atom is 0.489 e. The number of benzene rings is 2. The number of carbonyl (C=O) groups excluding carboxylic acids is 2. The molecular weight excluding hydrogens is 371 g/mol. The molecule has 1 amide bonds. The molecule has 0 bridgehead atoms. The number of amides is 1. The first kappa shape index (κ1) is 18.8. The molecule has 9 heteroatoms. The van der Waals surface area contributed by atoms with Gasteiger partial charge >= 0.3 is 7.12 Å². The van der Waals surface area contributed by atoms with E-state index in [9.17, 15) is 19.6 Å². The molecule has 2 aromatic carbocycles. The number of nitrogens with one attached hydrogen (secondary N) is 2. The summed E-state index contributed by atoms with van der Waals surface area (Å²) in [5, 5.41) is 22.2. The van der Waals surface area contributed by atoms with Crippen molar-refractivity contribution in [3.63, 3.8) is 0 Å². The molecule has 0 aliphatic heterocycles. The Kier molecular flexibility index (Phi) is 5.07. The number of aromatic nitrogens is 3. The quantitative estimate of drug-likeness (QED) is 0.283. The lowest BCUT2D eigenvalue weighted by molar-refractivity contribution is 0.0954. The number of hydrogen-bond donors (Lipinski definition) is 4. The zero-order valence-corrected chi connectivity index (χ0v) is 15.3. The highest BCUT2D eigenvalue weighted by Crippen LogP contribution is 2.21. The second kappa shape index (κ2) is 7.82. The van der Waals surface area contributed by atoms with Crippen LogP contribution in [0.2, 0.25) is 0 Å². The lowest BCUT2D eigenvalue weighted by atomic mass is 9.77. The second-order valence-electron chi connectivity index (χ2n) is 6.56. The number of aldehydes is 1. The number of rotatable bonds is 6. The molecule has 0 spiro atoms. The smallest absolute Gasteiger partial charge is 0.423 e. The third-order valence-corrected chi connectivity index (χ3v) is 4.67. The van der Waals surface area contributed by atoms with Crippen LogP contribution < -0.4 is 10.8 Å². The highest BCUT2D eigenvalue weighted by Gasteiger charge is 2.17. The van der Waals surface area contributed by atoms with Crippen LogP contribution in [0.4, 0.5) is 0 Å². The van der Waals surface area contributed by atoms with Crippen molar-refractivity contribution in [2.75, 3.05) is 6.54 Å². The Labute approximate surface area is 165 Å². The molecule has 8 nitrogen and oxygen atoms in total. The molecule has 4 N–H and O–H groups in total. The molecule has 29 heavy (non-hydrogen) atoms. The molecule has 0 saturated heterocycles. The summed E-state index contributed by atoms with van der Waals surface area (Å²) in [5.41, 5.74) is 2.92. The maximum atomic E-state index is 12.3. The fourth-order valence-electron chi connectivity index (χ4n) is 3.23. The van der Waals surface area contributed by atoms with E-state index >= 15 is 0 Å². The van der Waals surface area contributed by atoms with Crippen LogP contribution in [-0.4, -0.2) is 50.9 Å². The number of H-pyrrole nitrogens is 1. The van der Waals surface area contributed by atoms with Crippen molar-refractivity contribution >= 4 is 46.7 Å². The van der Waals surface area contributed by atoms with Crippen molar-refractivity contribution in [2.45, 2.75) is 6.42 Å². The summed E-state index contributed by atoms with van der Waals surface area (Å²) in [6.07, 6.45) is 2.71. The molecule has 144 valence electrons. The average Bonchev–Trinajstić information content (AvgIpc) is 3.16. The van der Waals surface area contributed by atoms with Gasteiger partial charge in [-0.05, 0) is 23.7 Å². The zero-order chi connectivity index (χ0) is 20.4. The summed E-state index contributed by atoms with van der Waals surface area (Å²) in [6.45, 7) is 0.338. The van der Waals surface area contributed by atoms with Crippen LogP contribution in [0.3, 0.4) is 0 Å². The van der Waals surface area contributed by atoms with E-state index in [4.69, 9.17) is 0 Å². The molecule has 0 aliphatic carbocycles. The Hall–Kier alpha value is -3.56. The van der Waals surface area contributed by atoms with Crippen LogP contribution in [0, 0.1) is 0 Å². The standard InChI is InChI=1S/C20H17BN4O4/c26-11-13-9-12(5-6-15(13)21(28)29)20(27)22-8-7-18-24-17-10-23-16-4-2-1-3-14(16)19(17)25-18/h1-6,9-11,28-29H,7-8H2,(H,22,27)(H,24,25). The molecule has 0 unspecified atom stereocenters. The topological polar surface area (TPSA) is 128 Å². The van der Waals surface area contributed by atoms with E-state index in [1.807, 2.05) is 24.3 Å². The Morgan fingerprint density at radius 3 is 2.83 bits per heavy atom. The fraction of sp³-hybridized carbons (Fsp3) is 0.100. The number of hydrogen-bond acceptors (Lipinski definition) is 6. The number of aromatic amines is 1.